The average Bonchev–Trinajstić information content (AvgIpc) is 2.55. The third-order valence-corrected chi connectivity index (χ3v) is 3.57. The zero-order valence-electron chi connectivity index (χ0n) is 12.5. The van der Waals surface area contributed by atoms with Gasteiger partial charge in [0.05, 0.1) is 25.2 Å². The first kappa shape index (κ1) is 14.8. The molecule has 3 rings (SSSR count). The Morgan fingerprint density at radius 3 is 2.39 bits per heavy atom. The first-order valence-corrected chi connectivity index (χ1v) is 6.75. The third-order valence-electron chi connectivity index (χ3n) is 3.57. The van der Waals surface area contributed by atoms with Crippen LogP contribution in [0.3, 0.4) is 0 Å². The highest BCUT2D eigenvalue weighted by molar-refractivity contribution is 5.88. The lowest BCUT2D eigenvalue weighted by Gasteiger charge is -2.09. The minimum Gasteiger partial charge on any atom is -0.507 e. The van der Waals surface area contributed by atoms with E-state index in [2.05, 4.69) is 0 Å². The zero-order valence-corrected chi connectivity index (χ0v) is 12.5. The molecule has 0 unspecified atom stereocenters. The van der Waals surface area contributed by atoms with Crippen molar-refractivity contribution in [3.8, 4) is 34.1 Å². The Bertz CT molecular complexity index is 942. The lowest BCUT2D eigenvalue weighted by atomic mass is 10.0. The third kappa shape index (κ3) is 2.34. The fraction of sp³-hybridized carbons (Fsp3) is 0.118. The van der Waals surface area contributed by atoms with Gasteiger partial charge in [-0.2, -0.15) is 0 Å². The monoisotopic (exact) mass is 314 g/mol. The first-order valence-electron chi connectivity index (χ1n) is 6.75. The van der Waals surface area contributed by atoms with Gasteiger partial charge >= 0.3 is 0 Å². The van der Waals surface area contributed by atoms with Crippen LogP contribution in [0.4, 0.5) is 0 Å². The number of rotatable bonds is 3. The molecule has 118 valence electrons. The second kappa shape index (κ2) is 5.57. The summed E-state index contributed by atoms with van der Waals surface area (Å²) in [7, 11) is 2.86. The molecule has 0 aliphatic rings. The van der Waals surface area contributed by atoms with Crippen LogP contribution in [-0.4, -0.2) is 24.4 Å². The van der Waals surface area contributed by atoms with E-state index in [1.165, 1.54) is 38.7 Å². The van der Waals surface area contributed by atoms with E-state index in [9.17, 15) is 15.0 Å². The van der Waals surface area contributed by atoms with E-state index in [1.807, 2.05) is 0 Å². The van der Waals surface area contributed by atoms with Gasteiger partial charge in [-0.05, 0) is 24.3 Å². The molecule has 0 bridgehead atoms. The lowest BCUT2D eigenvalue weighted by molar-refractivity contribution is 0.370. The predicted molar refractivity (Wildman–Crippen MR) is 84.4 cm³/mol. The van der Waals surface area contributed by atoms with Gasteiger partial charge in [0.25, 0.3) is 0 Å². The van der Waals surface area contributed by atoms with Crippen molar-refractivity contribution in [3.63, 3.8) is 0 Å². The Morgan fingerprint density at radius 1 is 0.957 bits per heavy atom. The fourth-order valence-corrected chi connectivity index (χ4v) is 2.41. The van der Waals surface area contributed by atoms with Crippen molar-refractivity contribution in [2.45, 2.75) is 0 Å². The van der Waals surface area contributed by atoms with Crippen molar-refractivity contribution in [3.05, 3.63) is 46.8 Å². The lowest BCUT2D eigenvalue weighted by Crippen LogP contribution is -2.05. The molecule has 0 saturated carbocycles. The number of fused-ring (bicyclic) bond motifs is 1. The molecule has 6 nitrogen and oxygen atoms in total. The molecule has 0 aliphatic carbocycles. The molecule has 0 saturated heterocycles. The van der Waals surface area contributed by atoms with Crippen molar-refractivity contribution >= 4 is 11.0 Å². The van der Waals surface area contributed by atoms with Crippen LogP contribution in [0.1, 0.15) is 0 Å². The highest BCUT2D eigenvalue weighted by Crippen LogP contribution is 2.36. The predicted octanol–water partition coefficient (Wildman–Crippen LogP) is 2.89. The summed E-state index contributed by atoms with van der Waals surface area (Å²) in [6.07, 6.45) is 1.23. The highest BCUT2D eigenvalue weighted by Gasteiger charge is 2.17. The van der Waals surface area contributed by atoms with Gasteiger partial charge in [-0.1, -0.05) is 0 Å². The van der Waals surface area contributed by atoms with Crippen LogP contribution in [0.15, 0.2) is 45.8 Å². The zero-order chi connectivity index (χ0) is 16.6. The van der Waals surface area contributed by atoms with Gasteiger partial charge in [0, 0.05) is 11.6 Å². The van der Waals surface area contributed by atoms with Crippen molar-refractivity contribution in [1.82, 2.24) is 0 Å². The Hall–Kier alpha value is -3.15. The molecule has 3 aromatic rings. The summed E-state index contributed by atoms with van der Waals surface area (Å²) < 4.78 is 15.6. The van der Waals surface area contributed by atoms with Crippen LogP contribution in [0.2, 0.25) is 0 Å². The summed E-state index contributed by atoms with van der Waals surface area (Å²) in [6, 6.07) is 7.43. The van der Waals surface area contributed by atoms with Gasteiger partial charge < -0.3 is 24.1 Å². The standard InChI is InChI=1S/C17H14O6/c1-21-9-3-4-10(14(19)7-9)12-8-23-16-11(15(12)20)5-6-13(18)17(16)22-2/h3-8,18-19H,1-2H3. The molecule has 0 spiro atoms. The SMILES string of the molecule is COc1ccc(-c2coc3c(OC)c(O)ccc3c2=O)c(O)c1. The van der Waals surface area contributed by atoms with Gasteiger partial charge in [0.2, 0.25) is 11.2 Å². The molecule has 0 fully saturated rings. The number of methoxy groups -OCH3 is 2. The van der Waals surface area contributed by atoms with Crippen molar-refractivity contribution in [1.29, 1.82) is 0 Å². The van der Waals surface area contributed by atoms with Crippen LogP contribution in [-0.2, 0) is 0 Å². The summed E-state index contributed by atoms with van der Waals surface area (Å²) in [5.74, 6) is 0.345. The van der Waals surface area contributed by atoms with Crippen molar-refractivity contribution < 1.29 is 24.1 Å². The maximum absolute atomic E-state index is 12.7. The highest BCUT2D eigenvalue weighted by atomic mass is 16.5. The van der Waals surface area contributed by atoms with E-state index in [0.717, 1.165) is 0 Å². The molecular weight excluding hydrogens is 300 g/mol. The van der Waals surface area contributed by atoms with Crippen LogP contribution < -0.4 is 14.9 Å². The van der Waals surface area contributed by atoms with Crippen LogP contribution in [0.25, 0.3) is 22.1 Å². The van der Waals surface area contributed by atoms with E-state index in [1.54, 1.807) is 12.1 Å². The summed E-state index contributed by atoms with van der Waals surface area (Å²) in [5, 5.41) is 20.1. The van der Waals surface area contributed by atoms with E-state index in [4.69, 9.17) is 13.9 Å². The maximum Gasteiger partial charge on any atom is 0.204 e. The number of hydrogen-bond donors (Lipinski definition) is 2. The van der Waals surface area contributed by atoms with E-state index in [-0.39, 0.29) is 39.2 Å². The van der Waals surface area contributed by atoms with Gasteiger partial charge in [-0.3, -0.25) is 4.79 Å². The summed E-state index contributed by atoms with van der Waals surface area (Å²) in [4.78, 5) is 12.7. The number of hydrogen-bond acceptors (Lipinski definition) is 6. The summed E-state index contributed by atoms with van der Waals surface area (Å²) in [5.41, 5.74) is 0.332. The number of aromatic hydroxyl groups is 2. The maximum atomic E-state index is 12.7. The second-order valence-corrected chi connectivity index (χ2v) is 4.86. The Kier molecular flexibility index (Phi) is 3.57. The van der Waals surface area contributed by atoms with Crippen LogP contribution in [0.5, 0.6) is 23.0 Å². The molecule has 23 heavy (non-hydrogen) atoms. The van der Waals surface area contributed by atoms with Gasteiger partial charge in [-0.15, -0.1) is 0 Å². The minimum atomic E-state index is -0.343. The number of phenols is 2. The molecule has 1 heterocycles. The molecule has 6 heteroatoms. The average molecular weight is 314 g/mol. The quantitative estimate of drug-likeness (QED) is 0.772. The fourth-order valence-electron chi connectivity index (χ4n) is 2.41. The van der Waals surface area contributed by atoms with Crippen LogP contribution in [0, 0.1) is 0 Å². The smallest absolute Gasteiger partial charge is 0.204 e. The number of benzene rings is 2. The Labute approximate surface area is 131 Å². The summed E-state index contributed by atoms with van der Waals surface area (Å²) >= 11 is 0. The topological polar surface area (TPSA) is 89.1 Å². The van der Waals surface area contributed by atoms with Gasteiger partial charge in [0.15, 0.2) is 11.3 Å². The number of ether oxygens (including phenoxy) is 2. The molecule has 2 N–H and O–H groups in total. The van der Waals surface area contributed by atoms with Crippen molar-refractivity contribution in [2.24, 2.45) is 0 Å². The minimum absolute atomic E-state index is 0.0881. The van der Waals surface area contributed by atoms with Gasteiger partial charge in [-0.25, -0.2) is 0 Å². The molecular formula is C17H14O6. The second-order valence-electron chi connectivity index (χ2n) is 4.86. The molecule has 0 radical (unpaired) electrons. The molecule has 1 aromatic heterocycles. The molecule has 0 aliphatic heterocycles. The molecule has 0 atom stereocenters. The normalized spacial score (nSPS) is 10.7. The molecule has 0 amide bonds. The number of phenolic OH excluding ortho intramolecular Hbond substituents is 2. The Balaban J connectivity index is 2.27. The largest absolute Gasteiger partial charge is 0.507 e. The van der Waals surface area contributed by atoms with E-state index in [0.29, 0.717) is 11.3 Å². The molecule has 2 aromatic carbocycles. The van der Waals surface area contributed by atoms with Crippen LogP contribution >= 0.6 is 0 Å². The van der Waals surface area contributed by atoms with E-state index >= 15 is 0 Å². The Morgan fingerprint density at radius 2 is 1.74 bits per heavy atom. The van der Waals surface area contributed by atoms with Crippen molar-refractivity contribution in [2.75, 3.05) is 14.2 Å². The first-order chi connectivity index (χ1) is 11.1. The van der Waals surface area contributed by atoms with Gasteiger partial charge in [0.1, 0.15) is 17.8 Å². The van der Waals surface area contributed by atoms with E-state index < -0.39 is 0 Å². The summed E-state index contributed by atoms with van der Waals surface area (Å²) in [6.45, 7) is 0.